The van der Waals surface area contributed by atoms with Gasteiger partial charge in [-0.2, -0.15) is 11.3 Å². The van der Waals surface area contributed by atoms with Gasteiger partial charge in [0.25, 0.3) is 5.56 Å². The fraction of sp³-hybridized carbons (Fsp3) is 0.250. The zero-order valence-corrected chi connectivity index (χ0v) is 19.3. The number of anilines is 3. The highest BCUT2D eigenvalue weighted by Gasteiger charge is 2.18. The first-order chi connectivity index (χ1) is 13.9. The van der Waals surface area contributed by atoms with Crippen LogP contribution in [0.15, 0.2) is 50.8 Å². The van der Waals surface area contributed by atoms with Crippen LogP contribution in [-0.4, -0.2) is 15.9 Å². The number of aromatic nitrogens is 1. The minimum atomic E-state index is -1.52. The number of hydrogen-bond donors (Lipinski definition) is 2. The van der Waals surface area contributed by atoms with Gasteiger partial charge in [0.15, 0.2) is 16.7 Å². The molecule has 3 rings (SSSR count). The molecule has 0 spiro atoms. The van der Waals surface area contributed by atoms with Gasteiger partial charge in [0.05, 0.1) is 22.7 Å². The molecule has 0 aliphatic heterocycles. The molecule has 6 nitrogen and oxygen atoms in total. The average Bonchev–Trinajstić information content (AvgIpc) is 3.25. The van der Waals surface area contributed by atoms with Crippen molar-refractivity contribution in [3.63, 3.8) is 0 Å². The number of benzene rings is 1. The lowest BCUT2D eigenvalue weighted by atomic mass is 10.2. The molecular weight excluding hydrogens is 430 g/mol. The Hall–Kier alpha value is -2.29. The van der Waals surface area contributed by atoms with Gasteiger partial charge < -0.3 is 10.1 Å². The maximum absolute atomic E-state index is 12.7. The van der Waals surface area contributed by atoms with E-state index in [0.717, 1.165) is 5.56 Å². The number of nitrogens with one attached hydrogen (secondary N) is 2. The molecule has 2 N–H and O–H groups in total. The van der Waals surface area contributed by atoms with E-state index >= 15 is 0 Å². The maximum atomic E-state index is 12.7. The summed E-state index contributed by atoms with van der Waals surface area (Å²) in [7, 11) is 1.56. The van der Waals surface area contributed by atoms with Crippen molar-refractivity contribution in [2.45, 2.75) is 25.7 Å². The molecule has 0 bridgehead atoms. The molecule has 1 aromatic carbocycles. The van der Waals surface area contributed by atoms with Crippen LogP contribution in [-0.2, 0) is 18.0 Å². The number of pyridine rings is 1. The topological polar surface area (TPSA) is 72.4 Å². The molecule has 0 saturated carbocycles. The monoisotopic (exact) mass is 453 g/mol. The SMILES string of the molecule is CC.COc1cc(=O)n(C)c(Nc2ccc(C)cc2Cl)c1NS(=O)c1ccsc1. The van der Waals surface area contributed by atoms with E-state index in [1.807, 2.05) is 44.4 Å². The Kier molecular flexibility index (Phi) is 8.31. The lowest BCUT2D eigenvalue weighted by Gasteiger charge is -2.19. The molecule has 9 heteroatoms. The number of nitrogens with zero attached hydrogens (tertiary/aromatic N) is 1. The van der Waals surface area contributed by atoms with Gasteiger partial charge in [-0.25, -0.2) is 4.21 Å². The average molecular weight is 454 g/mol. The van der Waals surface area contributed by atoms with Crippen molar-refractivity contribution in [3.8, 4) is 5.75 Å². The summed E-state index contributed by atoms with van der Waals surface area (Å²) in [5.74, 6) is 0.682. The Morgan fingerprint density at radius 2 is 1.93 bits per heavy atom. The zero-order valence-electron chi connectivity index (χ0n) is 16.9. The summed E-state index contributed by atoms with van der Waals surface area (Å²) in [5.41, 5.74) is 1.77. The summed E-state index contributed by atoms with van der Waals surface area (Å²) in [5, 5.41) is 7.31. The van der Waals surface area contributed by atoms with Crippen LogP contribution in [0.1, 0.15) is 19.4 Å². The number of aryl methyl sites for hydroxylation is 1. The second-order valence-electron chi connectivity index (χ2n) is 5.77. The van der Waals surface area contributed by atoms with Gasteiger partial charge in [0, 0.05) is 18.5 Å². The second-order valence-corrected chi connectivity index (χ2v) is 8.17. The van der Waals surface area contributed by atoms with E-state index < -0.39 is 11.0 Å². The lowest BCUT2D eigenvalue weighted by Crippen LogP contribution is -2.21. The molecule has 0 aliphatic carbocycles. The normalized spacial score (nSPS) is 11.2. The molecule has 2 aromatic heterocycles. The lowest BCUT2D eigenvalue weighted by molar-refractivity contribution is 0.415. The minimum Gasteiger partial charge on any atom is -0.494 e. The summed E-state index contributed by atoms with van der Waals surface area (Å²) >= 11 is 7.78. The second kappa shape index (κ2) is 10.5. The molecule has 3 aromatic rings. The van der Waals surface area contributed by atoms with E-state index in [4.69, 9.17) is 16.3 Å². The molecular formula is C20H24ClN3O3S2. The third kappa shape index (κ3) is 5.41. The van der Waals surface area contributed by atoms with Crippen LogP contribution in [0.3, 0.4) is 0 Å². The van der Waals surface area contributed by atoms with Crippen LogP contribution in [0.25, 0.3) is 0 Å². The van der Waals surface area contributed by atoms with Crippen LogP contribution < -0.4 is 20.3 Å². The van der Waals surface area contributed by atoms with Crippen LogP contribution in [0.4, 0.5) is 17.2 Å². The largest absolute Gasteiger partial charge is 0.494 e. The number of hydrogen-bond acceptors (Lipinski definition) is 5. The highest BCUT2D eigenvalue weighted by Crippen LogP contribution is 2.35. The standard InChI is InChI=1S/C18H18ClN3O3S2.C2H6/c1-11-4-5-14(13(19)8-11)20-18-17(15(25-3)9-16(23)22(18)2)21-27(24)12-6-7-26-10-12;1-2/h4-10,20-21H,1-3H3;1-2H3. The fourth-order valence-corrected chi connectivity index (χ4v) is 4.53. The molecule has 29 heavy (non-hydrogen) atoms. The van der Waals surface area contributed by atoms with Crippen molar-refractivity contribution in [1.29, 1.82) is 0 Å². The Labute approximate surface area is 182 Å². The molecule has 0 radical (unpaired) electrons. The number of thiophene rings is 1. The molecule has 0 fully saturated rings. The van der Waals surface area contributed by atoms with Crippen LogP contribution in [0, 0.1) is 6.92 Å². The van der Waals surface area contributed by atoms with Crippen LogP contribution in [0.2, 0.25) is 5.02 Å². The molecule has 2 heterocycles. The predicted octanol–water partition coefficient (Wildman–Crippen LogP) is 5.32. The highest BCUT2D eigenvalue weighted by atomic mass is 35.5. The minimum absolute atomic E-state index is 0.274. The van der Waals surface area contributed by atoms with Crippen molar-refractivity contribution < 1.29 is 8.95 Å². The Bertz CT molecular complexity index is 1050. The van der Waals surface area contributed by atoms with Crippen LogP contribution in [0.5, 0.6) is 5.75 Å². The zero-order chi connectivity index (χ0) is 21.6. The van der Waals surface area contributed by atoms with Crippen molar-refractivity contribution in [3.05, 3.63) is 62.0 Å². The number of halogens is 1. The molecule has 1 atom stereocenters. The highest BCUT2D eigenvalue weighted by molar-refractivity contribution is 7.86. The van der Waals surface area contributed by atoms with Gasteiger partial charge in [0.2, 0.25) is 0 Å². The smallest absolute Gasteiger partial charge is 0.255 e. The summed E-state index contributed by atoms with van der Waals surface area (Å²) < 4.78 is 22.4. The quantitative estimate of drug-likeness (QED) is 0.529. The number of rotatable bonds is 6. The summed E-state index contributed by atoms with van der Waals surface area (Å²) in [4.78, 5) is 13.0. The summed E-state index contributed by atoms with van der Waals surface area (Å²) in [6.07, 6.45) is 0. The third-order valence-corrected chi connectivity index (χ3v) is 6.12. The van der Waals surface area contributed by atoms with E-state index in [1.165, 1.54) is 29.1 Å². The summed E-state index contributed by atoms with van der Waals surface area (Å²) in [6, 6.07) is 8.66. The van der Waals surface area contributed by atoms with Gasteiger partial charge >= 0.3 is 0 Å². The van der Waals surface area contributed by atoms with Gasteiger partial charge in [-0.15, -0.1) is 0 Å². The number of methoxy groups -OCH3 is 1. The fourth-order valence-electron chi connectivity index (χ4n) is 2.44. The van der Waals surface area contributed by atoms with Crippen molar-refractivity contribution >= 4 is 51.1 Å². The van der Waals surface area contributed by atoms with Crippen molar-refractivity contribution in [1.82, 2.24) is 4.57 Å². The molecule has 1 unspecified atom stereocenters. The third-order valence-electron chi connectivity index (χ3n) is 3.91. The molecule has 156 valence electrons. The predicted molar refractivity (Wildman–Crippen MR) is 123 cm³/mol. The van der Waals surface area contributed by atoms with Crippen LogP contribution >= 0.6 is 22.9 Å². The number of ether oxygens (including phenoxy) is 1. The van der Waals surface area contributed by atoms with Gasteiger partial charge in [-0.1, -0.05) is 31.5 Å². The first kappa shape index (κ1) is 23.0. The van der Waals surface area contributed by atoms with E-state index in [9.17, 15) is 9.00 Å². The molecule has 0 amide bonds. The van der Waals surface area contributed by atoms with E-state index in [-0.39, 0.29) is 11.3 Å². The van der Waals surface area contributed by atoms with Gasteiger partial charge in [0.1, 0.15) is 11.5 Å². The van der Waals surface area contributed by atoms with E-state index in [1.54, 1.807) is 18.5 Å². The van der Waals surface area contributed by atoms with E-state index in [0.29, 0.717) is 27.1 Å². The first-order valence-electron chi connectivity index (χ1n) is 8.92. The van der Waals surface area contributed by atoms with Crippen molar-refractivity contribution in [2.75, 3.05) is 17.1 Å². The van der Waals surface area contributed by atoms with Gasteiger partial charge in [-0.05, 0) is 36.1 Å². The Balaban J connectivity index is 0.00000145. The Morgan fingerprint density at radius 1 is 1.21 bits per heavy atom. The summed E-state index contributed by atoms with van der Waals surface area (Å²) in [6.45, 7) is 5.94. The molecule has 0 saturated heterocycles. The van der Waals surface area contributed by atoms with Gasteiger partial charge in [-0.3, -0.25) is 14.1 Å². The maximum Gasteiger partial charge on any atom is 0.255 e. The Morgan fingerprint density at radius 3 is 2.52 bits per heavy atom. The first-order valence-corrected chi connectivity index (χ1v) is 11.4. The molecule has 0 aliphatic rings. The van der Waals surface area contributed by atoms with E-state index in [2.05, 4.69) is 10.0 Å². The van der Waals surface area contributed by atoms with Crippen molar-refractivity contribution in [2.24, 2.45) is 7.05 Å².